The van der Waals surface area contributed by atoms with Gasteiger partial charge in [-0.05, 0) is 48.6 Å². The molecule has 0 saturated heterocycles. The van der Waals surface area contributed by atoms with Gasteiger partial charge >= 0.3 is 0 Å². The van der Waals surface area contributed by atoms with Crippen molar-refractivity contribution in [2.45, 2.75) is 12.8 Å². The molecular formula is C9H11N3S. The van der Waals surface area contributed by atoms with E-state index in [9.17, 15) is 0 Å². The number of nitrogens with zero attached hydrogens (tertiary/aromatic N) is 2. The molecule has 1 aromatic heterocycles. The van der Waals surface area contributed by atoms with E-state index in [1.165, 1.54) is 17.1 Å². The first-order valence-electron chi connectivity index (χ1n) is 4.31. The zero-order valence-electron chi connectivity index (χ0n) is 7.23. The molecule has 0 radical (unpaired) electrons. The molecule has 0 bridgehead atoms. The zero-order valence-corrected chi connectivity index (χ0v) is 8.05. The zero-order chi connectivity index (χ0) is 9.10. The first kappa shape index (κ1) is 8.59. The number of rotatable bonds is 3. The minimum atomic E-state index is 0.743. The van der Waals surface area contributed by atoms with Crippen LogP contribution in [0.15, 0.2) is 18.2 Å². The van der Waals surface area contributed by atoms with Gasteiger partial charge in [-0.25, -0.2) is 0 Å². The lowest BCUT2D eigenvalue weighted by molar-refractivity contribution is 0.833. The number of benzene rings is 1. The molecule has 3 nitrogen and oxygen atoms in total. The lowest BCUT2D eigenvalue weighted by Gasteiger charge is -1.97. The van der Waals surface area contributed by atoms with Gasteiger partial charge in [0, 0.05) is 0 Å². The van der Waals surface area contributed by atoms with E-state index in [-0.39, 0.29) is 0 Å². The van der Waals surface area contributed by atoms with Crippen LogP contribution in [0.25, 0.3) is 10.2 Å². The smallest absolute Gasteiger partial charge is 0.106 e. The molecule has 0 aliphatic heterocycles. The monoisotopic (exact) mass is 193 g/mol. The van der Waals surface area contributed by atoms with Gasteiger partial charge in [0.15, 0.2) is 0 Å². The van der Waals surface area contributed by atoms with Crippen molar-refractivity contribution in [3.8, 4) is 0 Å². The van der Waals surface area contributed by atoms with Crippen LogP contribution >= 0.6 is 11.5 Å². The Balaban J connectivity index is 2.26. The van der Waals surface area contributed by atoms with E-state index < -0.39 is 0 Å². The van der Waals surface area contributed by atoms with Crippen LogP contribution < -0.4 is 5.73 Å². The molecule has 2 aromatic rings. The molecule has 0 aliphatic rings. The standard InChI is InChI=1S/C9H11N3S/c10-5-1-2-7-3-4-9-8(6-7)11-12-13-9/h3-4,6H,1-2,5,10H2. The molecule has 1 heterocycles. The number of hydrogen-bond donors (Lipinski definition) is 1. The molecule has 0 atom stereocenters. The molecule has 0 amide bonds. The van der Waals surface area contributed by atoms with Crippen LogP contribution in [0.5, 0.6) is 0 Å². The molecular weight excluding hydrogens is 182 g/mol. The molecule has 1 aromatic carbocycles. The minimum Gasteiger partial charge on any atom is -0.330 e. The summed E-state index contributed by atoms with van der Waals surface area (Å²) >= 11 is 1.43. The number of nitrogens with two attached hydrogens (primary N) is 1. The lowest BCUT2D eigenvalue weighted by Crippen LogP contribution is -2.00. The molecule has 13 heavy (non-hydrogen) atoms. The third-order valence-electron chi connectivity index (χ3n) is 1.98. The maximum Gasteiger partial charge on any atom is 0.106 e. The number of hydrogen-bond acceptors (Lipinski definition) is 4. The quantitative estimate of drug-likeness (QED) is 0.805. The average molecular weight is 193 g/mol. The fourth-order valence-electron chi connectivity index (χ4n) is 1.29. The third kappa shape index (κ3) is 1.84. The van der Waals surface area contributed by atoms with Crippen LogP contribution in [0, 0.1) is 0 Å². The van der Waals surface area contributed by atoms with Gasteiger partial charge in [-0.3, -0.25) is 0 Å². The van der Waals surface area contributed by atoms with Gasteiger partial charge < -0.3 is 5.73 Å². The average Bonchev–Trinajstić information content (AvgIpc) is 2.61. The largest absolute Gasteiger partial charge is 0.330 e. The molecule has 68 valence electrons. The summed E-state index contributed by atoms with van der Waals surface area (Å²) in [5.41, 5.74) is 7.74. The summed E-state index contributed by atoms with van der Waals surface area (Å²) < 4.78 is 5.04. The van der Waals surface area contributed by atoms with Crippen molar-refractivity contribution >= 4 is 21.7 Å². The molecule has 0 fully saturated rings. The maximum absolute atomic E-state index is 5.44. The molecule has 0 unspecified atom stereocenters. The number of aryl methyl sites for hydroxylation is 1. The maximum atomic E-state index is 5.44. The fraction of sp³-hybridized carbons (Fsp3) is 0.333. The number of aromatic nitrogens is 2. The molecule has 0 aliphatic carbocycles. The predicted octanol–water partition coefficient (Wildman–Crippen LogP) is 1.58. The lowest BCUT2D eigenvalue weighted by atomic mass is 10.1. The molecule has 2 N–H and O–H groups in total. The first-order chi connectivity index (χ1) is 6.40. The Morgan fingerprint density at radius 3 is 3.15 bits per heavy atom. The highest BCUT2D eigenvalue weighted by Gasteiger charge is 1.99. The van der Waals surface area contributed by atoms with Crippen LogP contribution in [0.2, 0.25) is 0 Å². The van der Waals surface area contributed by atoms with Crippen molar-refractivity contribution in [3.05, 3.63) is 23.8 Å². The van der Waals surface area contributed by atoms with Crippen LogP contribution in [-0.2, 0) is 6.42 Å². The van der Waals surface area contributed by atoms with E-state index in [0.29, 0.717) is 0 Å². The number of fused-ring (bicyclic) bond motifs is 1. The van der Waals surface area contributed by atoms with Gasteiger partial charge in [-0.2, -0.15) is 0 Å². The summed E-state index contributed by atoms with van der Waals surface area (Å²) in [7, 11) is 0. The Labute approximate surface area is 80.7 Å². The van der Waals surface area contributed by atoms with Crippen molar-refractivity contribution < 1.29 is 0 Å². The fourth-order valence-corrected chi connectivity index (χ4v) is 1.83. The second-order valence-electron chi connectivity index (χ2n) is 2.97. The van der Waals surface area contributed by atoms with E-state index in [1.54, 1.807) is 0 Å². The van der Waals surface area contributed by atoms with Gasteiger partial charge in [-0.1, -0.05) is 10.6 Å². The van der Waals surface area contributed by atoms with Crippen molar-refractivity contribution in [2.75, 3.05) is 6.54 Å². The van der Waals surface area contributed by atoms with Crippen LogP contribution in [0.1, 0.15) is 12.0 Å². The van der Waals surface area contributed by atoms with Gasteiger partial charge in [0.2, 0.25) is 0 Å². The SMILES string of the molecule is NCCCc1ccc2snnc2c1. The minimum absolute atomic E-state index is 0.743. The second kappa shape index (κ2) is 3.81. The summed E-state index contributed by atoms with van der Waals surface area (Å²) in [6, 6.07) is 6.29. The molecule has 2 rings (SSSR count). The van der Waals surface area contributed by atoms with Crippen molar-refractivity contribution in [3.63, 3.8) is 0 Å². The van der Waals surface area contributed by atoms with Crippen molar-refractivity contribution in [1.29, 1.82) is 0 Å². The summed E-state index contributed by atoms with van der Waals surface area (Å²) in [5.74, 6) is 0. The molecule has 0 saturated carbocycles. The van der Waals surface area contributed by atoms with E-state index >= 15 is 0 Å². The Kier molecular flexibility index (Phi) is 2.52. The van der Waals surface area contributed by atoms with Crippen LogP contribution in [-0.4, -0.2) is 16.1 Å². The predicted molar refractivity (Wildman–Crippen MR) is 54.8 cm³/mol. The van der Waals surface area contributed by atoms with Crippen molar-refractivity contribution in [1.82, 2.24) is 9.59 Å². The Morgan fingerprint density at radius 2 is 2.31 bits per heavy atom. The third-order valence-corrected chi connectivity index (χ3v) is 2.69. The van der Waals surface area contributed by atoms with Gasteiger partial charge in [0.25, 0.3) is 0 Å². The second-order valence-corrected chi connectivity index (χ2v) is 3.75. The van der Waals surface area contributed by atoms with E-state index in [1.807, 2.05) is 0 Å². The van der Waals surface area contributed by atoms with Gasteiger partial charge in [-0.15, -0.1) is 5.10 Å². The highest BCUT2D eigenvalue weighted by atomic mass is 32.1. The van der Waals surface area contributed by atoms with E-state index in [4.69, 9.17) is 5.73 Å². The Hall–Kier alpha value is -1.00. The molecule has 4 heteroatoms. The van der Waals surface area contributed by atoms with Crippen LogP contribution in [0.4, 0.5) is 0 Å². The highest BCUT2D eigenvalue weighted by molar-refractivity contribution is 7.12. The summed E-state index contributed by atoms with van der Waals surface area (Å²) in [6.45, 7) is 0.743. The van der Waals surface area contributed by atoms with Crippen LogP contribution in [0.3, 0.4) is 0 Å². The van der Waals surface area contributed by atoms with Crippen molar-refractivity contribution in [2.24, 2.45) is 5.73 Å². The first-order valence-corrected chi connectivity index (χ1v) is 5.08. The topological polar surface area (TPSA) is 51.8 Å². The van der Waals surface area contributed by atoms with Gasteiger partial charge in [0.05, 0.1) is 4.70 Å². The summed E-state index contributed by atoms with van der Waals surface area (Å²) in [6.07, 6.45) is 2.06. The Bertz CT molecular complexity index is 396. The normalized spacial score (nSPS) is 10.8. The Morgan fingerprint density at radius 1 is 1.38 bits per heavy atom. The molecule has 0 spiro atoms. The van der Waals surface area contributed by atoms with E-state index in [0.717, 1.165) is 29.6 Å². The highest BCUT2D eigenvalue weighted by Crippen LogP contribution is 2.17. The van der Waals surface area contributed by atoms with Gasteiger partial charge in [0.1, 0.15) is 5.52 Å². The summed E-state index contributed by atoms with van der Waals surface area (Å²) in [5, 5.41) is 4.02. The van der Waals surface area contributed by atoms with E-state index in [2.05, 4.69) is 27.8 Å². The summed E-state index contributed by atoms with van der Waals surface area (Å²) in [4.78, 5) is 0.